The van der Waals surface area contributed by atoms with E-state index >= 15 is 0 Å². The van der Waals surface area contributed by atoms with Crippen molar-refractivity contribution in [3.05, 3.63) is 17.5 Å². The molecule has 0 N–H and O–H groups in total. The zero-order valence-corrected chi connectivity index (χ0v) is 11.3. The molecule has 1 heterocycles. The standard InChI is InChI=1S/C12H17ClN2O3/c1-15(6-8-3-9(13)4-8)12(16)11-5-10(7-17-2)18-14-11/h5,8-9H,3-4,6-7H2,1-2H3. The first-order valence-electron chi connectivity index (χ1n) is 5.94. The number of alkyl halides is 1. The Morgan fingerprint density at radius 3 is 3.00 bits per heavy atom. The molecule has 0 aromatic carbocycles. The van der Waals surface area contributed by atoms with E-state index in [0.717, 1.165) is 12.8 Å². The Morgan fingerprint density at radius 2 is 2.39 bits per heavy atom. The van der Waals surface area contributed by atoms with E-state index in [-0.39, 0.29) is 11.3 Å². The van der Waals surface area contributed by atoms with E-state index in [4.69, 9.17) is 20.9 Å². The number of carbonyl (C=O) groups is 1. The van der Waals surface area contributed by atoms with E-state index < -0.39 is 0 Å². The largest absolute Gasteiger partial charge is 0.377 e. The number of methoxy groups -OCH3 is 1. The van der Waals surface area contributed by atoms with Crippen LogP contribution >= 0.6 is 11.6 Å². The molecule has 1 aromatic heterocycles. The Labute approximate surface area is 111 Å². The van der Waals surface area contributed by atoms with Crippen LogP contribution in [0.5, 0.6) is 0 Å². The molecule has 100 valence electrons. The molecule has 0 atom stereocenters. The van der Waals surface area contributed by atoms with Crippen molar-refractivity contribution in [3.8, 4) is 0 Å². The number of ether oxygens (including phenoxy) is 1. The average molecular weight is 273 g/mol. The maximum Gasteiger partial charge on any atom is 0.275 e. The van der Waals surface area contributed by atoms with E-state index in [1.807, 2.05) is 0 Å². The lowest BCUT2D eigenvalue weighted by Crippen LogP contribution is -2.38. The molecule has 1 saturated carbocycles. The number of hydrogen-bond acceptors (Lipinski definition) is 4. The predicted molar refractivity (Wildman–Crippen MR) is 66.5 cm³/mol. The molecule has 5 nitrogen and oxygen atoms in total. The van der Waals surface area contributed by atoms with E-state index in [1.165, 1.54) is 0 Å². The molecule has 0 unspecified atom stereocenters. The number of rotatable bonds is 5. The summed E-state index contributed by atoms with van der Waals surface area (Å²) >= 11 is 5.92. The molecule has 0 aliphatic heterocycles. The van der Waals surface area contributed by atoms with E-state index in [0.29, 0.717) is 30.5 Å². The highest BCUT2D eigenvalue weighted by Crippen LogP contribution is 2.32. The monoisotopic (exact) mass is 272 g/mol. The summed E-state index contributed by atoms with van der Waals surface area (Å²) in [6.07, 6.45) is 1.96. The van der Waals surface area contributed by atoms with Gasteiger partial charge in [-0.05, 0) is 18.8 Å². The Morgan fingerprint density at radius 1 is 1.67 bits per heavy atom. The summed E-state index contributed by atoms with van der Waals surface area (Å²) in [6, 6.07) is 1.62. The number of hydrogen-bond donors (Lipinski definition) is 0. The molecular formula is C12H17ClN2O3. The smallest absolute Gasteiger partial charge is 0.275 e. The van der Waals surface area contributed by atoms with Crippen molar-refractivity contribution in [1.82, 2.24) is 10.1 Å². The van der Waals surface area contributed by atoms with Gasteiger partial charge in [0.25, 0.3) is 5.91 Å². The van der Waals surface area contributed by atoms with Crippen LogP contribution in [0.3, 0.4) is 0 Å². The lowest BCUT2D eigenvalue weighted by atomic mass is 9.84. The summed E-state index contributed by atoms with van der Waals surface area (Å²) in [6.45, 7) is 1.04. The second-order valence-electron chi connectivity index (χ2n) is 4.73. The highest BCUT2D eigenvalue weighted by atomic mass is 35.5. The Balaban J connectivity index is 1.88. The van der Waals surface area contributed by atoms with Gasteiger partial charge in [-0.1, -0.05) is 5.16 Å². The molecule has 0 spiro atoms. The third-order valence-corrected chi connectivity index (χ3v) is 3.48. The molecule has 1 amide bonds. The maximum atomic E-state index is 12.0. The van der Waals surface area contributed by atoms with Gasteiger partial charge in [0, 0.05) is 32.1 Å². The molecule has 1 aliphatic rings. The summed E-state index contributed by atoms with van der Waals surface area (Å²) < 4.78 is 9.91. The molecule has 2 rings (SSSR count). The van der Waals surface area contributed by atoms with Crippen LogP contribution in [-0.2, 0) is 11.3 Å². The van der Waals surface area contributed by atoms with Gasteiger partial charge in [-0.15, -0.1) is 11.6 Å². The first-order valence-corrected chi connectivity index (χ1v) is 6.38. The molecule has 18 heavy (non-hydrogen) atoms. The van der Waals surface area contributed by atoms with E-state index in [9.17, 15) is 4.79 Å². The Bertz CT molecular complexity index is 415. The van der Waals surface area contributed by atoms with Crippen molar-refractivity contribution in [3.63, 3.8) is 0 Å². The van der Waals surface area contributed by atoms with Gasteiger partial charge in [-0.3, -0.25) is 4.79 Å². The van der Waals surface area contributed by atoms with E-state index in [1.54, 1.807) is 25.1 Å². The molecule has 0 bridgehead atoms. The predicted octanol–water partition coefficient (Wildman–Crippen LogP) is 1.91. The minimum atomic E-state index is -0.126. The molecule has 1 fully saturated rings. The lowest BCUT2D eigenvalue weighted by molar-refractivity contribution is 0.0736. The fourth-order valence-electron chi connectivity index (χ4n) is 2.09. The highest BCUT2D eigenvalue weighted by molar-refractivity contribution is 6.21. The van der Waals surface area contributed by atoms with Crippen molar-refractivity contribution in [2.75, 3.05) is 20.7 Å². The third kappa shape index (κ3) is 3.03. The maximum absolute atomic E-state index is 12.0. The van der Waals surface area contributed by atoms with Crippen molar-refractivity contribution >= 4 is 17.5 Å². The summed E-state index contributed by atoms with van der Waals surface area (Å²) in [7, 11) is 3.34. The number of nitrogens with zero attached hydrogens (tertiary/aromatic N) is 2. The second-order valence-corrected chi connectivity index (χ2v) is 5.35. The highest BCUT2D eigenvalue weighted by Gasteiger charge is 2.29. The fraction of sp³-hybridized carbons (Fsp3) is 0.667. The van der Waals surface area contributed by atoms with Crippen molar-refractivity contribution in [2.45, 2.75) is 24.8 Å². The number of carbonyl (C=O) groups excluding carboxylic acids is 1. The van der Waals surface area contributed by atoms with Gasteiger partial charge in [0.1, 0.15) is 6.61 Å². The van der Waals surface area contributed by atoms with Gasteiger partial charge in [-0.25, -0.2) is 0 Å². The van der Waals surface area contributed by atoms with Gasteiger partial charge in [0.15, 0.2) is 11.5 Å². The van der Waals surface area contributed by atoms with Crippen LogP contribution < -0.4 is 0 Å². The minimum Gasteiger partial charge on any atom is -0.377 e. The molecule has 0 radical (unpaired) electrons. The first kappa shape index (κ1) is 13.4. The van der Waals surface area contributed by atoms with Crippen LogP contribution in [0.1, 0.15) is 29.1 Å². The van der Waals surface area contributed by atoms with Crippen molar-refractivity contribution in [2.24, 2.45) is 5.92 Å². The summed E-state index contributed by atoms with van der Waals surface area (Å²) in [4.78, 5) is 13.7. The third-order valence-electron chi connectivity index (χ3n) is 3.12. The molecular weight excluding hydrogens is 256 g/mol. The van der Waals surface area contributed by atoms with Crippen LogP contribution in [-0.4, -0.2) is 42.0 Å². The molecule has 6 heteroatoms. The number of amides is 1. The quantitative estimate of drug-likeness (QED) is 0.769. The van der Waals surface area contributed by atoms with Crippen LogP contribution in [0.2, 0.25) is 0 Å². The minimum absolute atomic E-state index is 0.126. The zero-order chi connectivity index (χ0) is 13.1. The van der Waals surface area contributed by atoms with Crippen LogP contribution in [0.15, 0.2) is 10.6 Å². The Kier molecular flexibility index (Phi) is 4.24. The van der Waals surface area contributed by atoms with Crippen LogP contribution in [0.25, 0.3) is 0 Å². The summed E-state index contributed by atoms with van der Waals surface area (Å²) in [5.41, 5.74) is 0.325. The summed E-state index contributed by atoms with van der Waals surface area (Å²) in [5, 5.41) is 4.03. The number of halogens is 1. The Hall–Kier alpha value is -1.07. The zero-order valence-electron chi connectivity index (χ0n) is 10.6. The van der Waals surface area contributed by atoms with Gasteiger partial charge >= 0.3 is 0 Å². The first-order chi connectivity index (χ1) is 8.60. The van der Waals surface area contributed by atoms with Crippen molar-refractivity contribution in [1.29, 1.82) is 0 Å². The normalized spacial score (nSPS) is 22.6. The topological polar surface area (TPSA) is 55.6 Å². The van der Waals surface area contributed by atoms with Crippen LogP contribution in [0, 0.1) is 5.92 Å². The van der Waals surface area contributed by atoms with Gasteiger partial charge < -0.3 is 14.2 Å². The second kappa shape index (κ2) is 5.71. The van der Waals surface area contributed by atoms with E-state index in [2.05, 4.69) is 5.16 Å². The SMILES string of the molecule is COCc1cc(C(=O)N(C)CC2CC(Cl)C2)no1. The fourth-order valence-corrected chi connectivity index (χ4v) is 2.60. The lowest BCUT2D eigenvalue weighted by Gasteiger charge is -2.33. The molecule has 0 saturated heterocycles. The molecule has 1 aromatic rings. The van der Waals surface area contributed by atoms with Gasteiger partial charge in [0.05, 0.1) is 0 Å². The summed E-state index contributed by atoms with van der Waals surface area (Å²) in [5.74, 6) is 0.935. The molecule has 1 aliphatic carbocycles. The average Bonchev–Trinajstić information content (AvgIpc) is 2.75. The van der Waals surface area contributed by atoms with Crippen molar-refractivity contribution < 1.29 is 14.1 Å². The van der Waals surface area contributed by atoms with Gasteiger partial charge in [0.2, 0.25) is 0 Å². The number of aromatic nitrogens is 1. The van der Waals surface area contributed by atoms with Gasteiger partial charge in [-0.2, -0.15) is 0 Å². The van der Waals surface area contributed by atoms with Crippen LogP contribution in [0.4, 0.5) is 0 Å².